The average molecular weight is 310 g/mol. The van der Waals surface area contributed by atoms with Crippen LogP contribution in [0.2, 0.25) is 0 Å². The fourth-order valence-electron chi connectivity index (χ4n) is 3.72. The molecule has 4 aromatic rings. The van der Waals surface area contributed by atoms with Gasteiger partial charge in [-0.2, -0.15) is 0 Å². The van der Waals surface area contributed by atoms with Gasteiger partial charge in [-0.15, -0.1) is 0 Å². The predicted molar refractivity (Wildman–Crippen MR) is 107 cm³/mol. The van der Waals surface area contributed by atoms with Crippen molar-refractivity contribution in [3.05, 3.63) is 84.5 Å². The standard InChI is InChI=1S/C24H22/c1-16(2)17(3)6-4-7-18-10-11-21-13-12-19-8-5-9-20-14-15-22(18)24(21)23(19)20/h5,8-15H,1,3-4,6-7H2,2H3. The molecule has 0 fully saturated rings. The van der Waals surface area contributed by atoms with Crippen LogP contribution in [-0.4, -0.2) is 0 Å². The summed E-state index contributed by atoms with van der Waals surface area (Å²) in [4.78, 5) is 0. The van der Waals surface area contributed by atoms with E-state index in [4.69, 9.17) is 0 Å². The van der Waals surface area contributed by atoms with Crippen molar-refractivity contribution >= 4 is 32.3 Å². The highest BCUT2D eigenvalue weighted by Crippen LogP contribution is 2.36. The number of benzene rings is 4. The Morgan fingerprint density at radius 3 is 2.12 bits per heavy atom. The molecule has 0 aliphatic heterocycles. The van der Waals surface area contributed by atoms with E-state index in [0.29, 0.717) is 0 Å². The van der Waals surface area contributed by atoms with Crippen molar-refractivity contribution in [2.75, 3.05) is 0 Å². The Bertz CT molecular complexity index is 1050. The molecule has 4 rings (SSSR count). The van der Waals surface area contributed by atoms with E-state index in [1.165, 1.54) is 43.5 Å². The van der Waals surface area contributed by atoms with E-state index in [1.54, 1.807) is 0 Å². The first-order valence-electron chi connectivity index (χ1n) is 8.64. The molecular weight excluding hydrogens is 288 g/mol. The van der Waals surface area contributed by atoms with E-state index in [-0.39, 0.29) is 0 Å². The SMILES string of the molecule is C=C(C)C(=C)CCCc1ccc2ccc3cccc4ccc1c2c34. The van der Waals surface area contributed by atoms with E-state index in [1.807, 2.05) is 6.92 Å². The zero-order valence-electron chi connectivity index (χ0n) is 14.2. The van der Waals surface area contributed by atoms with Crippen LogP contribution in [0, 0.1) is 0 Å². The molecule has 0 nitrogen and oxygen atoms in total. The molecule has 0 aromatic heterocycles. The molecule has 0 heteroatoms. The third-order valence-corrected chi connectivity index (χ3v) is 5.15. The lowest BCUT2D eigenvalue weighted by atomic mass is 9.90. The van der Waals surface area contributed by atoms with Gasteiger partial charge in [0.25, 0.3) is 0 Å². The minimum atomic E-state index is 1.03. The third kappa shape index (κ3) is 2.39. The Morgan fingerprint density at radius 1 is 0.792 bits per heavy atom. The second kappa shape index (κ2) is 5.79. The summed E-state index contributed by atoms with van der Waals surface area (Å²) in [6.45, 7) is 10.1. The highest BCUT2D eigenvalue weighted by Gasteiger charge is 2.10. The molecule has 0 aliphatic rings. The van der Waals surface area contributed by atoms with Gasteiger partial charge in [-0.25, -0.2) is 0 Å². The lowest BCUT2D eigenvalue weighted by molar-refractivity contribution is 0.823. The topological polar surface area (TPSA) is 0 Å². The summed E-state index contributed by atoms with van der Waals surface area (Å²) >= 11 is 0. The van der Waals surface area contributed by atoms with Crippen LogP contribution < -0.4 is 0 Å². The maximum atomic E-state index is 4.11. The fourth-order valence-corrected chi connectivity index (χ4v) is 3.72. The van der Waals surface area contributed by atoms with E-state index in [0.717, 1.165) is 24.8 Å². The fraction of sp³-hybridized carbons (Fsp3) is 0.167. The number of hydrogen-bond donors (Lipinski definition) is 0. The van der Waals surface area contributed by atoms with Crippen LogP contribution in [0.3, 0.4) is 0 Å². The number of hydrogen-bond acceptors (Lipinski definition) is 0. The van der Waals surface area contributed by atoms with Gasteiger partial charge in [0.05, 0.1) is 0 Å². The summed E-state index contributed by atoms with van der Waals surface area (Å²) in [6, 6.07) is 20.2. The number of aryl methyl sites for hydroxylation is 1. The highest BCUT2D eigenvalue weighted by molar-refractivity contribution is 6.23. The first-order chi connectivity index (χ1) is 11.6. The molecule has 0 unspecified atom stereocenters. The molecular formula is C24H22. The van der Waals surface area contributed by atoms with E-state index < -0.39 is 0 Å². The second-order valence-electron chi connectivity index (χ2n) is 6.82. The smallest absolute Gasteiger partial charge is 0.00240 e. The predicted octanol–water partition coefficient (Wildman–Crippen LogP) is 7.04. The van der Waals surface area contributed by atoms with Gasteiger partial charge in [-0.1, -0.05) is 78.9 Å². The monoisotopic (exact) mass is 310 g/mol. The summed E-state index contributed by atoms with van der Waals surface area (Å²) in [5, 5.41) is 8.22. The van der Waals surface area contributed by atoms with Gasteiger partial charge in [-0.05, 0) is 64.1 Å². The van der Waals surface area contributed by atoms with Crippen molar-refractivity contribution in [3.8, 4) is 0 Å². The lowest BCUT2D eigenvalue weighted by Crippen LogP contribution is -1.92. The number of allylic oxidation sites excluding steroid dienone is 2. The zero-order chi connectivity index (χ0) is 16.7. The van der Waals surface area contributed by atoms with Crippen LogP contribution in [-0.2, 0) is 6.42 Å². The third-order valence-electron chi connectivity index (χ3n) is 5.15. The molecule has 0 amide bonds. The normalized spacial score (nSPS) is 11.5. The van der Waals surface area contributed by atoms with Crippen LogP contribution in [0.15, 0.2) is 78.9 Å². The highest BCUT2D eigenvalue weighted by atomic mass is 14.1. The summed E-state index contributed by atoms with van der Waals surface area (Å²) in [5.41, 5.74) is 3.72. The molecule has 118 valence electrons. The maximum absolute atomic E-state index is 4.11. The first-order valence-corrected chi connectivity index (χ1v) is 8.64. The molecule has 0 radical (unpaired) electrons. The molecule has 0 aliphatic carbocycles. The second-order valence-corrected chi connectivity index (χ2v) is 6.82. The van der Waals surface area contributed by atoms with Crippen molar-refractivity contribution in [2.24, 2.45) is 0 Å². The van der Waals surface area contributed by atoms with Gasteiger partial charge in [0.2, 0.25) is 0 Å². The minimum Gasteiger partial charge on any atom is -0.0959 e. The average Bonchev–Trinajstić information content (AvgIpc) is 2.60. The summed E-state index contributed by atoms with van der Waals surface area (Å²) in [6.07, 6.45) is 3.23. The van der Waals surface area contributed by atoms with Gasteiger partial charge < -0.3 is 0 Å². The van der Waals surface area contributed by atoms with Crippen molar-refractivity contribution in [1.82, 2.24) is 0 Å². The van der Waals surface area contributed by atoms with Gasteiger partial charge >= 0.3 is 0 Å². The molecule has 0 saturated heterocycles. The van der Waals surface area contributed by atoms with Gasteiger partial charge in [0.15, 0.2) is 0 Å². The Balaban J connectivity index is 1.79. The molecule has 0 atom stereocenters. The van der Waals surface area contributed by atoms with Crippen molar-refractivity contribution in [3.63, 3.8) is 0 Å². The van der Waals surface area contributed by atoms with Gasteiger partial charge in [0.1, 0.15) is 0 Å². The van der Waals surface area contributed by atoms with Gasteiger partial charge in [-0.3, -0.25) is 0 Å². The Labute approximate surface area is 143 Å². The zero-order valence-corrected chi connectivity index (χ0v) is 14.2. The van der Waals surface area contributed by atoms with Crippen LogP contribution in [0.1, 0.15) is 25.3 Å². The van der Waals surface area contributed by atoms with E-state index >= 15 is 0 Å². The molecule has 0 heterocycles. The number of rotatable bonds is 5. The van der Waals surface area contributed by atoms with Crippen LogP contribution in [0.25, 0.3) is 32.3 Å². The summed E-state index contributed by atoms with van der Waals surface area (Å²) in [5.74, 6) is 0. The minimum absolute atomic E-state index is 1.03. The molecule has 0 spiro atoms. The van der Waals surface area contributed by atoms with E-state index in [2.05, 4.69) is 67.8 Å². The summed E-state index contributed by atoms with van der Waals surface area (Å²) < 4.78 is 0. The molecule has 0 saturated carbocycles. The van der Waals surface area contributed by atoms with E-state index in [9.17, 15) is 0 Å². The largest absolute Gasteiger partial charge is 0.0959 e. The van der Waals surface area contributed by atoms with Gasteiger partial charge in [0, 0.05) is 0 Å². The van der Waals surface area contributed by atoms with Crippen LogP contribution >= 0.6 is 0 Å². The molecule has 24 heavy (non-hydrogen) atoms. The molecule has 4 aromatic carbocycles. The van der Waals surface area contributed by atoms with Crippen LogP contribution in [0.4, 0.5) is 0 Å². The first kappa shape index (κ1) is 15.0. The Kier molecular flexibility index (Phi) is 3.61. The van der Waals surface area contributed by atoms with Crippen molar-refractivity contribution < 1.29 is 0 Å². The molecule has 0 N–H and O–H groups in total. The quantitative estimate of drug-likeness (QED) is 0.274. The molecule has 0 bridgehead atoms. The Hall–Kier alpha value is -2.60. The van der Waals surface area contributed by atoms with Crippen molar-refractivity contribution in [1.29, 1.82) is 0 Å². The van der Waals surface area contributed by atoms with Crippen molar-refractivity contribution in [2.45, 2.75) is 26.2 Å². The summed E-state index contributed by atoms with van der Waals surface area (Å²) in [7, 11) is 0. The Morgan fingerprint density at radius 2 is 1.42 bits per heavy atom. The maximum Gasteiger partial charge on any atom is -0.00240 e. The lowest BCUT2D eigenvalue weighted by Gasteiger charge is -2.14. The van der Waals surface area contributed by atoms with Crippen LogP contribution in [0.5, 0.6) is 0 Å².